The minimum Gasteiger partial charge on any atom is -0.271 e. The maximum absolute atomic E-state index is 5.63. The lowest BCUT2D eigenvalue weighted by Crippen LogP contribution is -2.27. The fourth-order valence-electron chi connectivity index (χ4n) is 1.98. The van der Waals surface area contributed by atoms with Crippen molar-refractivity contribution >= 4 is 27.3 Å². The van der Waals surface area contributed by atoms with Crippen molar-refractivity contribution in [3.05, 3.63) is 56.7 Å². The predicted molar refractivity (Wildman–Crippen MR) is 81.5 cm³/mol. The van der Waals surface area contributed by atoms with Crippen molar-refractivity contribution in [3.63, 3.8) is 0 Å². The largest absolute Gasteiger partial charge is 0.271 e. The third kappa shape index (κ3) is 3.92. The average molecular weight is 325 g/mol. The lowest BCUT2D eigenvalue weighted by atomic mass is 10.0. The van der Waals surface area contributed by atoms with Crippen LogP contribution in [0.4, 0.5) is 0 Å². The Labute approximate surface area is 120 Å². The van der Waals surface area contributed by atoms with Gasteiger partial charge in [-0.25, -0.2) is 0 Å². The summed E-state index contributed by atoms with van der Waals surface area (Å²) in [5, 5.41) is 0. The van der Waals surface area contributed by atoms with Gasteiger partial charge in [0.25, 0.3) is 0 Å². The van der Waals surface area contributed by atoms with E-state index in [0.29, 0.717) is 0 Å². The highest BCUT2D eigenvalue weighted by Gasteiger charge is 2.11. The Morgan fingerprint density at radius 1 is 1.17 bits per heavy atom. The van der Waals surface area contributed by atoms with Gasteiger partial charge >= 0.3 is 0 Å². The van der Waals surface area contributed by atoms with Crippen molar-refractivity contribution in [1.82, 2.24) is 5.43 Å². The van der Waals surface area contributed by atoms with Crippen molar-refractivity contribution in [3.8, 4) is 0 Å². The smallest absolute Gasteiger partial charge is 0.0702 e. The maximum Gasteiger partial charge on any atom is 0.0702 e. The van der Waals surface area contributed by atoms with Gasteiger partial charge in [0.15, 0.2) is 0 Å². The minimum absolute atomic E-state index is 0.255. The van der Waals surface area contributed by atoms with Crippen molar-refractivity contribution in [2.24, 2.45) is 5.84 Å². The summed E-state index contributed by atoms with van der Waals surface area (Å²) in [7, 11) is 0. The standard InChI is InChI=1S/C14H17BrN2S/c15-14-10-9-13(18-14)12(17-16)8-4-7-11-5-2-1-3-6-11/h1-3,5-6,9-10,12,17H,4,7-8,16H2. The maximum atomic E-state index is 5.63. The van der Waals surface area contributed by atoms with Crippen LogP contribution >= 0.6 is 27.3 Å². The Morgan fingerprint density at radius 2 is 1.94 bits per heavy atom. The van der Waals surface area contributed by atoms with E-state index in [9.17, 15) is 0 Å². The van der Waals surface area contributed by atoms with Crippen molar-refractivity contribution in [2.75, 3.05) is 0 Å². The van der Waals surface area contributed by atoms with E-state index in [1.807, 2.05) is 0 Å². The summed E-state index contributed by atoms with van der Waals surface area (Å²) in [4.78, 5) is 1.29. The first-order valence-corrected chi connectivity index (χ1v) is 7.66. The number of benzene rings is 1. The molecule has 1 atom stereocenters. The number of rotatable bonds is 6. The van der Waals surface area contributed by atoms with Gasteiger partial charge in [0.2, 0.25) is 0 Å². The third-order valence-corrected chi connectivity index (χ3v) is 4.68. The summed E-state index contributed by atoms with van der Waals surface area (Å²) in [5.74, 6) is 5.63. The van der Waals surface area contributed by atoms with E-state index in [-0.39, 0.29) is 6.04 Å². The molecule has 2 rings (SSSR count). The number of hydrogen-bond donors (Lipinski definition) is 2. The van der Waals surface area contributed by atoms with Crippen molar-refractivity contribution in [1.29, 1.82) is 0 Å². The summed E-state index contributed by atoms with van der Waals surface area (Å²) >= 11 is 5.23. The second-order valence-corrected chi connectivity index (χ2v) is 6.73. The van der Waals surface area contributed by atoms with Crippen molar-refractivity contribution in [2.45, 2.75) is 25.3 Å². The summed E-state index contributed by atoms with van der Waals surface area (Å²) < 4.78 is 1.15. The number of thiophene rings is 1. The monoisotopic (exact) mass is 324 g/mol. The van der Waals surface area contributed by atoms with Crippen LogP contribution in [0.15, 0.2) is 46.3 Å². The Balaban J connectivity index is 1.85. The molecule has 1 aromatic carbocycles. The van der Waals surface area contributed by atoms with Gasteiger partial charge in [0.1, 0.15) is 0 Å². The molecule has 18 heavy (non-hydrogen) atoms. The third-order valence-electron chi connectivity index (χ3n) is 2.94. The number of hydrazine groups is 1. The highest BCUT2D eigenvalue weighted by atomic mass is 79.9. The van der Waals surface area contributed by atoms with Crippen LogP contribution in [0.1, 0.15) is 29.3 Å². The van der Waals surface area contributed by atoms with E-state index in [1.54, 1.807) is 11.3 Å². The highest BCUT2D eigenvalue weighted by Crippen LogP contribution is 2.29. The molecule has 0 amide bonds. The van der Waals surface area contributed by atoms with Gasteiger partial charge < -0.3 is 0 Å². The number of nitrogens with two attached hydrogens (primary N) is 1. The van der Waals surface area contributed by atoms with E-state index in [2.05, 4.69) is 63.8 Å². The van der Waals surface area contributed by atoms with Gasteiger partial charge in [-0.15, -0.1) is 11.3 Å². The zero-order valence-electron chi connectivity index (χ0n) is 10.1. The molecule has 1 aromatic heterocycles. The topological polar surface area (TPSA) is 38.0 Å². The molecule has 4 heteroatoms. The van der Waals surface area contributed by atoms with Crippen LogP contribution in [0, 0.1) is 0 Å². The molecule has 3 N–H and O–H groups in total. The number of hydrogen-bond acceptors (Lipinski definition) is 3. The lowest BCUT2D eigenvalue weighted by Gasteiger charge is -2.13. The molecule has 0 aliphatic heterocycles. The zero-order chi connectivity index (χ0) is 12.8. The van der Waals surface area contributed by atoms with E-state index in [0.717, 1.165) is 23.0 Å². The first-order valence-electron chi connectivity index (χ1n) is 6.05. The molecule has 0 saturated heterocycles. The van der Waals surface area contributed by atoms with Crippen molar-refractivity contribution < 1.29 is 0 Å². The second-order valence-electron chi connectivity index (χ2n) is 4.24. The molecule has 0 aliphatic carbocycles. The van der Waals surface area contributed by atoms with Crippen LogP contribution in [0.2, 0.25) is 0 Å². The minimum atomic E-state index is 0.255. The highest BCUT2D eigenvalue weighted by molar-refractivity contribution is 9.11. The van der Waals surface area contributed by atoms with Crippen LogP contribution in [0.3, 0.4) is 0 Å². The van der Waals surface area contributed by atoms with Crippen LogP contribution in [0.5, 0.6) is 0 Å². The predicted octanol–water partition coefficient (Wildman–Crippen LogP) is 4.04. The van der Waals surface area contributed by atoms with E-state index < -0.39 is 0 Å². The molecule has 0 aliphatic rings. The normalized spacial score (nSPS) is 12.6. The molecule has 1 unspecified atom stereocenters. The second kappa shape index (κ2) is 7.04. The Kier molecular flexibility index (Phi) is 5.38. The fourth-order valence-corrected chi connectivity index (χ4v) is 3.50. The summed E-state index contributed by atoms with van der Waals surface area (Å²) in [5.41, 5.74) is 4.30. The zero-order valence-corrected chi connectivity index (χ0v) is 12.5. The molecule has 0 spiro atoms. The Morgan fingerprint density at radius 3 is 2.56 bits per heavy atom. The average Bonchev–Trinajstić information content (AvgIpc) is 2.82. The molecule has 2 nitrogen and oxygen atoms in total. The molecule has 1 heterocycles. The Hall–Kier alpha value is -0.680. The molecular formula is C14H17BrN2S. The summed E-state index contributed by atoms with van der Waals surface area (Å²) in [6.07, 6.45) is 3.29. The van der Waals surface area contributed by atoms with Gasteiger partial charge in [-0.2, -0.15) is 0 Å². The molecule has 0 radical (unpaired) electrons. The number of halogens is 1. The molecule has 0 fully saturated rings. The van der Waals surface area contributed by atoms with E-state index >= 15 is 0 Å². The SMILES string of the molecule is NNC(CCCc1ccccc1)c1ccc(Br)s1. The van der Waals surface area contributed by atoms with E-state index in [1.165, 1.54) is 10.4 Å². The molecule has 0 saturated carbocycles. The van der Waals surface area contributed by atoms with Gasteiger partial charge in [-0.1, -0.05) is 30.3 Å². The van der Waals surface area contributed by atoms with Gasteiger partial charge in [-0.3, -0.25) is 11.3 Å². The quantitative estimate of drug-likeness (QED) is 0.621. The molecule has 2 aromatic rings. The van der Waals surface area contributed by atoms with Gasteiger partial charge in [0, 0.05) is 4.88 Å². The van der Waals surface area contributed by atoms with Crippen LogP contribution in [-0.2, 0) is 6.42 Å². The van der Waals surface area contributed by atoms with Crippen LogP contribution < -0.4 is 11.3 Å². The van der Waals surface area contributed by atoms with Gasteiger partial charge in [-0.05, 0) is 52.9 Å². The molecule has 96 valence electrons. The first kappa shape index (κ1) is 13.7. The summed E-state index contributed by atoms with van der Waals surface area (Å²) in [6.45, 7) is 0. The summed E-state index contributed by atoms with van der Waals surface area (Å²) in [6, 6.07) is 15.0. The van der Waals surface area contributed by atoms with Crippen LogP contribution in [0.25, 0.3) is 0 Å². The van der Waals surface area contributed by atoms with Gasteiger partial charge in [0.05, 0.1) is 9.83 Å². The van der Waals surface area contributed by atoms with Crippen LogP contribution in [-0.4, -0.2) is 0 Å². The van der Waals surface area contributed by atoms with E-state index in [4.69, 9.17) is 5.84 Å². The number of aryl methyl sites for hydroxylation is 1. The molecule has 0 bridgehead atoms. The Bertz CT molecular complexity index is 470. The first-order chi connectivity index (χ1) is 8.79. The molecular weight excluding hydrogens is 308 g/mol. The lowest BCUT2D eigenvalue weighted by molar-refractivity contribution is 0.505. The number of nitrogens with one attached hydrogen (secondary N) is 1. The fraction of sp³-hybridized carbons (Fsp3) is 0.286.